The van der Waals surface area contributed by atoms with Gasteiger partial charge in [0.25, 0.3) is 5.91 Å². The Morgan fingerprint density at radius 1 is 1.47 bits per heavy atom. The lowest BCUT2D eigenvalue weighted by atomic mass is 10.3. The molecule has 0 radical (unpaired) electrons. The monoisotopic (exact) mass is 231 g/mol. The number of nitrogens with one attached hydrogen (secondary N) is 1. The number of carbonyl (C=O) groups excluding carboxylic acids is 1. The molecule has 0 spiro atoms. The van der Waals surface area contributed by atoms with Crippen LogP contribution in [0, 0.1) is 0 Å². The molecule has 6 heteroatoms. The lowest BCUT2D eigenvalue weighted by molar-refractivity contribution is 0.0944. The van der Waals surface area contributed by atoms with Crippen LogP contribution in [-0.4, -0.2) is 20.4 Å². The van der Waals surface area contributed by atoms with Crippen LogP contribution in [0.2, 0.25) is 0 Å². The number of aryl methyl sites for hydroxylation is 1. The number of pyridine rings is 1. The van der Waals surface area contributed by atoms with Gasteiger partial charge in [0, 0.05) is 19.4 Å². The highest BCUT2D eigenvalue weighted by atomic mass is 16.1. The number of amides is 1. The summed E-state index contributed by atoms with van der Waals surface area (Å²) in [4.78, 5) is 19.8. The minimum absolute atomic E-state index is 0.243. The SMILES string of the molecule is Cn1ccnc1CNC(=O)c1ccc(N)cn1. The number of nitrogens with two attached hydrogens (primary N) is 1. The normalized spacial score (nSPS) is 10.2. The van der Waals surface area contributed by atoms with Gasteiger partial charge in [0.1, 0.15) is 11.5 Å². The van der Waals surface area contributed by atoms with Gasteiger partial charge < -0.3 is 15.6 Å². The standard InChI is InChI=1S/C11H13N5O/c1-16-5-4-13-10(16)7-15-11(17)9-3-2-8(12)6-14-9/h2-6H,7,12H2,1H3,(H,15,17). The van der Waals surface area contributed by atoms with Gasteiger partial charge in [0.2, 0.25) is 0 Å². The van der Waals surface area contributed by atoms with Crippen LogP contribution in [0.1, 0.15) is 16.3 Å². The van der Waals surface area contributed by atoms with E-state index in [0.29, 0.717) is 17.9 Å². The Bertz CT molecular complexity index is 517. The second kappa shape index (κ2) is 4.65. The van der Waals surface area contributed by atoms with Crippen LogP contribution < -0.4 is 11.1 Å². The van der Waals surface area contributed by atoms with Gasteiger partial charge in [-0.3, -0.25) is 4.79 Å². The van der Waals surface area contributed by atoms with Crippen LogP contribution in [0.5, 0.6) is 0 Å². The largest absolute Gasteiger partial charge is 0.397 e. The molecule has 0 saturated carbocycles. The van der Waals surface area contributed by atoms with Crippen molar-refractivity contribution in [2.75, 3.05) is 5.73 Å². The topological polar surface area (TPSA) is 85.8 Å². The lowest BCUT2D eigenvalue weighted by Gasteiger charge is -2.04. The smallest absolute Gasteiger partial charge is 0.270 e. The Hall–Kier alpha value is -2.37. The summed E-state index contributed by atoms with van der Waals surface area (Å²) in [5.41, 5.74) is 6.36. The molecule has 17 heavy (non-hydrogen) atoms. The highest BCUT2D eigenvalue weighted by Crippen LogP contribution is 2.01. The second-order valence-corrected chi connectivity index (χ2v) is 3.61. The predicted octanol–water partition coefficient (Wildman–Crippen LogP) is 0.327. The number of nitrogens with zero attached hydrogens (tertiary/aromatic N) is 3. The summed E-state index contributed by atoms with van der Waals surface area (Å²) in [6.07, 6.45) is 4.96. The van der Waals surface area contributed by atoms with Gasteiger partial charge in [-0.25, -0.2) is 9.97 Å². The Morgan fingerprint density at radius 2 is 2.29 bits per heavy atom. The van der Waals surface area contributed by atoms with Crippen molar-refractivity contribution in [2.45, 2.75) is 6.54 Å². The van der Waals surface area contributed by atoms with E-state index in [4.69, 9.17) is 5.73 Å². The van der Waals surface area contributed by atoms with E-state index in [2.05, 4.69) is 15.3 Å². The number of nitrogen functional groups attached to an aromatic ring is 1. The third kappa shape index (κ3) is 2.60. The Balaban J connectivity index is 1.98. The zero-order valence-electron chi connectivity index (χ0n) is 9.42. The summed E-state index contributed by atoms with van der Waals surface area (Å²) in [6.45, 7) is 0.369. The number of anilines is 1. The molecule has 0 bridgehead atoms. The van der Waals surface area contributed by atoms with Crippen molar-refractivity contribution in [3.05, 3.63) is 42.2 Å². The van der Waals surface area contributed by atoms with E-state index in [0.717, 1.165) is 5.82 Å². The van der Waals surface area contributed by atoms with Gasteiger partial charge in [-0.15, -0.1) is 0 Å². The lowest BCUT2D eigenvalue weighted by Crippen LogP contribution is -2.25. The third-order valence-corrected chi connectivity index (χ3v) is 2.35. The van der Waals surface area contributed by atoms with E-state index in [-0.39, 0.29) is 5.91 Å². The zero-order chi connectivity index (χ0) is 12.3. The fraction of sp³-hybridized carbons (Fsp3) is 0.182. The van der Waals surface area contributed by atoms with Crippen LogP contribution in [0.4, 0.5) is 5.69 Å². The molecule has 0 fully saturated rings. The van der Waals surface area contributed by atoms with E-state index in [9.17, 15) is 4.79 Å². The Labute approximate surface area is 98.5 Å². The number of hydrogen-bond acceptors (Lipinski definition) is 4. The minimum atomic E-state index is -0.243. The molecule has 0 saturated heterocycles. The molecule has 0 aromatic carbocycles. The fourth-order valence-corrected chi connectivity index (χ4v) is 1.36. The maximum atomic E-state index is 11.7. The first kappa shape index (κ1) is 11.1. The number of imidazole rings is 1. The van der Waals surface area contributed by atoms with Crippen molar-refractivity contribution in [1.29, 1.82) is 0 Å². The van der Waals surface area contributed by atoms with Gasteiger partial charge in [0.15, 0.2) is 0 Å². The molecule has 2 rings (SSSR count). The molecule has 0 unspecified atom stereocenters. The van der Waals surface area contributed by atoms with E-state index < -0.39 is 0 Å². The van der Waals surface area contributed by atoms with Gasteiger partial charge >= 0.3 is 0 Å². The summed E-state index contributed by atoms with van der Waals surface area (Å²) in [6, 6.07) is 3.23. The predicted molar refractivity (Wildman–Crippen MR) is 63.0 cm³/mol. The summed E-state index contributed by atoms with van der Waals surface area (Å²) in [7, 11) is 1.87. The first-order chi connectivity index (χ1) is 8.16. The van der Waals surface area contributed by atoms with Gasteiger partial charge in [-0.2, -0.15) is 0 Å². The van der Waals surface area contributed by atoms with E-state index in [1.54, 1.807) is 18.3 Å². The number of aromatic nitrogens is 3. The highest BCUT2D eigenvalue weighted by Gasteiger charge is 2.07. The third-order valence-electron chi connectivity index (χ3n) is 2.35. The molecular weight excluding hydrogens is 218 g/mol. The van der Waals surface area contributed by atoms with Crippen molar-refractivity contribution in [1.82, 2.24) is 19.9 Å². The average Bonchev–Trinajstić information content (AvgIpc) is 2.73. The van der Waals surface area contributed by atoms with Crippen molar-refractivity contribution in [3.8, 4) is 0 Å². The molecule has 0 aliphatic carbocycles. The molecule has 6 nitrogen and oxygen atoms in total. The Kier molecular flexibility index (Phi) is 3.04. The first-order valence-corrected chi connectivity index (χ1v) is 5.13. The second-order valence-electron chi connectivity index (χ2n) is 3.61. The summed E-state index contributed by atoms with van der Waals surface area (Å²) in [5.74, 6) is 0.543. The number of hydrogen-bond donors (Lipinski definition) is 2. The van der Waals surface area contributed by atoms with E-state index in [1.807, 2.05) is 17.8 Å². The van der Waals surface area contributed by atoms with Crippen molar-refractivity contribution in [3.63, 3.8) is 0 Å². The number of carbonyl (C=O) groups is 1. The maximum Gasteiger partial charge on any atom is 0.270 e. The molecule has 0 aliphatic rings. The summed E-state index contributed by atoms with van der Waals surface area (Å²) >= 11 is 0. The molecule has 0 atom stereocenters. The maximum absolute atomic E-state index is 11.7. The van der Waals surface area contributed by atoms with Crippen LogP contribution in [0.15, 0.2) is 30.7 Å². The molecule has 1 amide bonds. The molecule has 3 N–H and O–H groups in total. The summed E-state index contributed by atoms with van der Waals surface area (Å²) < 4.78 is 1.84. The molecule has 2 heterocycles. The zero-order valence-corrected chi connectivity index (χ0v) is 9.42. The molecule has 0 aliphatic heterocycles. The van der Waals surface area contributed by atoms with Crippen LogP contribution in [-0.2, 0) is 13.6 Å². The first-order valence-electron chi connectivity index (χ1n) is 5.13. The molecule has 88 valence electrons. The highest BCUT2D eigenvalue weighted by molar-refractivity contribution is 5.92. The van der Waals surface area contributed by atoms with Gasteiger partial charge in [0.05, 0.1) is 18.4 Å². The molecule has 2 aromatic heterocycles. The quantitative estimate of drug-likeness (QED) is 0.797. The minimum Gasteiger partial charge on any atom is -0.397 e. The van der Waals surface area contributed by atoms with Crippen LogP contribution in [0.25, 0.3) is 0 Å². The van der Waals surface area contributed by atoms with Crippen molar-refractivity contribution >= 4 is 11.6 Å². The Morgan fingerprint density at radius 3 is 2.88 bits per heavy atom. The van der Waals surface area contributed by atoms with Crippen LogP contribution in [0.3, 0.4) is 0 Å². The molecular formula is C11H13N5O. The van der Waals surface area contributed by atoms with E-state index >= 15 is 0 Å². The molecule has 2 aromatic rings. The van der Waals surface area contributed by atoms with Crippen molar-refractivity contribution in [2.24, 2.45) is 7.05 Å². The van der Waals surface area contributed by atoms with E-state index in [1.165, 1.54) is 6.20 Å². The van der Waals surface area contributed by atoms with Crippen LogP contribution >= 0.6 is 0 Å². The summed E-state index contributed by atoms with van der Waals surface area (Å²) in [5, 5.41) is 2.74. The van der Waals surface area contributed by atoms with Gasteiger partial charge in [-0.1, -0.05) is 0 Å². The fourth-order valence-electron chi connectivity index (χ4n) is 1.36. The van der Waals surface area contributed by atoms with Gasteiger partial charge in [-0.05, 0) is 12.1 Å². The number of rotatable bonds is 3. The van der Waals surface area contributed by atoms with Crippen molar-refractivity contribution < 1.29 is 4.79 Å². The average molecular weight is 231 g/mol.